The Balaban J connectivity index is 1.33. The Morgan fingerprint density at radius 2 is 0.333 bits per heavy atom. The molecule has 0 N–H and O–H groups in total. The molecular formula is C104H100Si. The summed E-state index contributed by atoms with van der Waals surface area (Å²) < 4.78 is 0. The number of hydrogen-bond acceptors (Lipinski definition) is 0. The average molecular weight is 1380 g/mol. The van der Waals surface area contributed by atoms with Crippen molar-refractivity contribution in [2.24, 2.45) is 0 Å². The van der Waals surface area contributed by atoms with Gasteiger partial charge >= 0.3 is 0 Å². The fourth-order valence-corrected chi connectivity index (χ4v) is 20.2. The Bertz CT molecular complexity index is 4560. The molecule has 0 radical (unpaired) electrons. The highest BCUT2D eigenvalue weighted by molar-refractivity contribution is 7.21. The van der Waals surface area contributed by atoms with Gasteiger partial charge in [0.25, 0.3) is 0 Å². The molecule has 0 heterocycles. The summed E-state index contributed by atoms with van der Waals surface area (Å²) in [5, 5.41) is 4.99. The van der Waals surface area contributed by atoms with E-state index in [-0.39, 0.29) is 21.7 Å². The molecule has 0 aliphatic carbocycles. The standard InChI is InChI=1S/C104H100Si/c1-101(2,3)93-45-29-25-41-85(93)61-53-81-57-69-89(65-49-77-33-17-13-18-34-77)97(73-81)105(98-74-82(54-62-86-42-26-30-46-94(86)102(4,5)6)58-70-90(98)66-50-78-35-19-14-20-36-78,99-75-83(55-63-87-43-27-31-47-95(87)103(7,8)9)59-71-91(99)67-51-79-37-21-15-22-38-79)100-76-84(56-64-88-44-28-32-48-96(88)104(10,11)12)60-72-92(100)68-52-80-39-23-16-24-40-80/h13-76H,1-12H3/b61-53+,62-54+,63-55+,64-56+,65-49+,66-50+,67-51+,68-52+. The van der Waals surface area contributed by atoms with Gasteiger partial charge in [-0.05, 0) is 154 Å². The van der Waals surface area contributed by atoms with Crippen LogP contribution in [-0.2, 0) is 21.7 Å². The number of benzene rings is 12. The van der Waals surface area contributed by atoms with Gasteiger partial charge in [0.2, 0.25) is 0 Å². The van der Waals surface area contributed by atoms with Crippen molar-refractivity contribution in [2.75, 3.05) is 0 Å². The summed E-state index contributed by atoms with van der Waals surface area (Å²) in [6.45, 7) is 27.8. The first kappa shape index (κ1) is 73.5. The third kappa shape index (κ3) is 18.2. The van der Waals surface area contributed by atoms with Crippen molar-refractivity contribution in [2.45, 2.75) is 105 Å². The normalized spacial score (nSPS) is 12.8. The van der Waals surface area contributed by atoms with Gasteiger partial charge in [-0.25, -0.2) is 0 Å². The molecule has 0 fully saturated rings. The van der Waals surface area contributed by atoms with Crippen molar-refractivity contribution >= 4 is 126 Å². The average Bonchev–Trinajstić information content (AvgIpc) is 0.704. The largest absolute Gasteiger partial charge is 0.182 e. The first-order valence-corrected chi connectivity index (χ1v) is 39.2. The molecule has 0 unspecified atom stereocenters. The van der Waals surface area contributed by atoms with E-state index in [0.29, 0.717) is 0 Å². The van der Waals surface area contributed by atoms with Gasteiger partial charge in [-0.3, -0.25) is 0 Å². The van der Waals surface area contributed by atoms with Crippen LogP contribution in [0.3, 0.4) is 0 Å². The van der Waals surface area contributed by atoms with Gasteiger partial charge in [0, 0.05) is 0 Å². The molecule has 105 heavy (non-hydrogen) atoms. The smallest absolute Gasteiger partial charge is 0.0622 e. The van der Waals surface area contributed by atoms with E-state index in [1.54, 1.807) is 0 Å². The van der Waals surface area contributed by atoms with Crippen LogP contribution < -0.4 is 20.7 Å². The second-order valence-corrected chi connectivity index (χ2v) is 35.4. The van der Waals surface area contributed by atoms with Crippen LogP contribution in [0.15, 0.2) is 291 Å². The Morgan fingerprint density at radius 3 is 0.533 bits per heavy atom. The van der Waals surface area contributed by atoms with E-state index in [4.69, 9.17) is 0 Å². The van der Waals surface area contributed by atoms with Crippen LogP contribution in [0.4, 0.5) is 0 Å². The Labute approximate surface area is 629 Å². The third-order valence-corrected chi connectivity index (χ3v) is 24.8. The maximum atomic E-state index is 2.58. The monoisotopic (exact) mass is 1380 g/mol. The Morgan fingerprint density at radius 1 is 0.162 bits per heavy atom. The second kappa shape index (κ2) is 32.6. The minimum atomic E-state index is -4.09. The summed E-state index contributed by atoms with van der Waals surface area (Å²) in [4.78, 5) is 0. The van der Waals surface area contributed by atoms with Crippen LogP contribution in [0.1, 0.15) is 194 Å². The van der Waals surface area contributed by atoms with Crippen molar-refractivity contribution in [1.82, 2.24) is 0 Å². The quantitative estimate of drug-likeness (QED) is 0.0405. The van der Waals surface area contributed by atoms with Gasteiger partial charge < -0.3 is 0 Å². The topological polar surface area (TPSA) is 0 Å². The Hall–Kier alpha value is -11.2. The van der Waals surface area contributed by atoms with Crippen LogP contribution >= 0.6 is 0 Å². The lowest BCUT2D eigenvalue weighted by Crippen LogP contribution is -2.77. The predicted molar refractivity (Wildman–Crippen MR) is 468 cm³/mol. The molecule has 0 atom stereocenters. The lowest BCUT2D eigenvalue weighted by atomic mass is 9.83. The van der Waals surface area contributed by atoms with Gasteiger partial charge in [0.1, 0.15) is 0 Å². The van der Waals surface area contributed by atoms with E-state index >= 15 is 0 Å². The molecule has 1 heteroatoms. The minimum absolute atomic E-state index is 0.0892. The van der Waals surface area contributed by atoms with E-state index in [2.05, 4.69) is 471 Å². The zero-order valence-corrected chi connectivity index (χ0v) is 64.5. The maximum absolute atomic E-state index is 4.09. The molecule has 0 aromatic heterocycles. The molecule has 0 saturated carbocycles. The molecule has 12 aromatic rings. The van der Waals surface area contributed by atoms with Gasteiger partial charge in [-0.2, -0.15) is 0 Å². The summed E-state index contributed by atoms with van der Waals surface area (Å²) in [5.41, 5.74) is 23.1. The molecule has 0 spiro atoms. The Kier molecular flexibility index (Phi) is 22.8. The van der Waals surface area contributed by atoms with Gasteiger partial charge in [-0.15, -0.1) is 0 Å². The van der Waals surface area contributed by atoms with E-state index in [1.165, 1.54) is 65.3 Å². The van der Waals surface area contributed by atoms with Crippen molar-refractivity contribution in [3.8, 4) is 0 Å². The summed E-state index contributed by atoms with van der Waals surface area (Å²) in [6.07, 6.45) is 37.7. The lowest BCUT2D eigenvalue weighted by Gasteiger charge is -2.39. The van der Waals surface area contributed by atoms with Crippen LogP contribution in [0, 0.1) is 0 Å². The third-order valence-electron chi connectivity index (χ3n) is 19.8. The lowest BCUT2D eigenvalue weighted by molar-refractivity contribution is 0.589. The second-order valence-electron chi connectivity index (χ2n) is 31.8. The zero-order chi connectivity index (χ0) is 73.6. The molecule has 12 aromatic carbocycles. The molecule has 0 nitrogen and oxygen atoms in total. The molecule has 0 aliphatic heterocycles. The van der Waals surface area contributed by atoms with Gasteiger partial charge in [0.15, 0.2) is 8.07 Å². The highest BCUT2D eigenvalue weighted by Crippen LogP contribution is 2.34. The fourth-order valence-electron chi connectivity index (χ4n) is 14.5. The van der Waals surface area contributed by atoms with Crippen molar-refractivity contribution in [3.05, 3.63) is 402 Å². The van der Waals surface area contributed by atoms with E-state index in [1.807, 2.05) is 0 Å². The van der Waals surface area contributed by atoms with Gasteiger partial charge in [-0.1, -0.05) is 471 Å². The molecular weight excluding hydrogens is 1280 g/mol. The molecule has 0 saturated heterocycles. The van der Waals surface area contributed by atoms with E-state index in [9.17, 15) is 0 Å². The van der Waals surface area contributed by atoms with Crippen LogP contribution in [0.25, 0.3) is 97.2 Å². The zero-order valence-electron chi connectivity index (χ0n) is 63.5. The van der Waals surface area contributed by atoms with E-state index < -0.39 is 8.07 Å². The van der Waals surface area contributed by atoms with E-state index in [0.717, 1.165) is 66.8 Å². The predicted octanol–water partition coefficient (Wildman–Crippen LogP) is 25.6. The van der Waals surface area contributed by atoms with Crippen molar-refractivity contribution in [3.63, 3.8) is 0 Å². The highest BCUT2D eigenvalue weighted by Gasteiger charge is 2.47. The summed E-state index contributed by atoms with van der Waals surface area (Å²) >= 11 is 0. The fraction of sp³-hybridized carbons (Fsp3) is 0.154. The maximum Gasteiger partial charge on any atom is 0.182 e. The number of hydrogen-bond donors (Lipinski definition) is 0. The summed E-state index contributed by atoms with van der Waals surface area (Å²) in [5.74, 6) is 0. The van der Waals surface area contributed by atoms with Crippen molar-refractivity contribution in [1.29, 1.82) is 0 Å². The van der Waals surface area contributed by atoms with Crippen molar-refractivity contribution < 1.29 is 0 Å². The SMILES string of the molecule is CC(C)(C)c1ccccc1/C=C/c1ccc(/C=C/c2ccccc2)c([Si](c2cc(/C=C/c3ccccc3C(C)(C)C)ccc2/C=C/c2ccccc2)(c2cc(/C=C/c3ccccc3C(C)(C)C)ccc2/C=C/c2ccccc2)c2cc(/C=C/c3ccccc3C(C)(C)C)ccc2/C=C/c2ccccc2)c1. The first-order chi connectivity index (χ1) is 50.6. The van der Waals surface area contributed by atoms with Crippen LogP contribution in [-0.4, -0.2) is 8.07 Å². The number of rotatable bonds is 20. The summed E-state index contributed by atoms with van der Waals surface area (Å²) in [6, 6.07) is 108. The molecule has 12 rings (SSSR count). The molecule has 0 aliphatic rings. The highest BCUT2D eigenvalue weighted by atomic mass is 28.3. The van der Waals surface area contributed by atoms with Gasteiger partial charge in [0.05, 0.1) is 0 Å². The minimum Gasteiger partial charge on any atom is -0.0622 e. The molecule has 0 amide bonds. The molecule has 0 bridgehead atoms. The van der Waals surface area contributed by atoms with Crippen LogP contribution in [0.5, 0.6) is 0 Å². The molecule has 520 valence electrons. The van der Waals surface area contributed by atoms with Crippen LogP contribution in [0.2, 0.25) is 0 Å². The first-order valence-electron chi connectivity index (χ1n) is 37.2. The summed E-state index contributed by atoms with van der Waals surface area (Å²) in [7, 11) is -4.09.